The second kappa shape index (κ2) is 7.46. The van der Waals surface area contributed by atoms with Gasteiger partial charge in [-0.05, 0) is 36.1 Å². The molecule has 0 aliphatic carbocycles. The molecule has 0 aromatic heterocycles. The van der Waals surface area contributed by atoms with E-state index in [1.165, 1.54) is 30.6 Å². The molecule has 1 aliphatic rings. The standard InChI is InChI=1S/C21H25NO4/c1-15(17-10-6-8-16-7-4-5-9-18(16)17)22-13-11-21(12-14-22,19(23)25-2)20(24)26-3/h4-10,15H,11-14H2,1-3H3/t15-/m0/s1. The molecular weight excluding hydrogens is 330 g/mol. The topological polar surface area (TPSA) is 55.8 Å². The Balaban J connectivity index is 1.82. The first-order chi connectivity index (χ1) is 12.5. The number of esters is 2. The molecule has 1 fully saturated rings. The number of rotatable bonds is 4. The number of piperidine rings is 1. The second-order valence-electron chi connectivity index (χ2n) is 6.85. The van der Waals surface area contributed by atoms with Crippen LogP contribution in [0.3, 0.4) is 0 Å². The maximum atomic E-state index is 12.3. The molecule has 5 nitrogen and oxygen atoms in total. The zero-order valence-corrected chi connectivity index (χ0v) is 15.5. The third-order valence-corrected chi connectivity index (χ3v) is 5.63. The van der Waals surface area contributed by atoms with Gasteiger partial charge < -0.3 is 9.47 Å². The van der Waals surface area contributed by atoms with Crippen molar-refractivity contribution in [2.75, 3.05) is 27.3 Å². The molecule has 0 radical (unpaired) electrons. The van der Waals surface area contributed by atoms with Gasteiger partial charge in [0, 0.05) is 19.1 Å². The van der Waals surface area contributed by atoms with Crippen LogP contribution in [0.15, 0.2) is 42.5 Å². The van der Waals surface area contributed by atoms with Crippen molar-refractivity contribution >= 4 is 22.7 Å². The van der Waals surface area contributed by atoms with Gasteiger partial charge in [-0.25, -0.2) is 0 Å². The highest BCUT2D eigenvalue weighted by Crippen LogP contribution is 2.38. The van der Waals surface area contributed by atoms with E-state index >= 15 is 0 Å². The van der Waals surface area contributed by atoms with E-state index in [9.17, 15) is 9.59 Å². The first kappa shape index (κ1) is 18.4. The van der Waals surface area contributed by atoms with Crippen LogP contribution in [-0.2, 0) is 19.1 Å². The van der Waals surface area contributed by atoms with Crippen molar-refractivity contribution in [3.63, 3.8) is 0 Å². The summed E-state index contributed by atoms with van der Waals surface area (Å²) < 4.78 is 9.79. The Morgan fingerprint density at radius 2 is 1.54 bits per heavy atom. The second-order valence-corrected chi connectivity index (χ2v) is 6.85. The summed E-state index contributed by atoms with van der Waals surface area (Å²) in [6, 6.07) is 14.9. The summed E-state index contributed by atoms with van der Waals surface area (Å²) in [5, 5.41) is 2.45. The molecule has 0 unspecified atom stereocenters. The maximum absolute atomic E-state index is 12.3. The van der Waals surface area contributed by atoms with Gasteiger partial charge in [0.05, 0.1) is 14.2 Å². The van der Waals surface area contributed by atoms with Crippen molar-refractivity contribution in [1.82, 2.24) is 4.90 Å². The number of fused-ring (bicyclic) bond motifs is 1. The smallest absolute Gasteiger partial charge is 0.323 e. The number of carbonyl (C=O) groups excluding carboxylic acids is 2. The van der Waals surface area contributed by atoms with E-state index in [1.54, 1.807) is 0 Å². The van der Waals surface area contributed by atoms with Gasteiger partial charge in [-0.15, -0.1) is 0 Å². The average Bonchev–Trinajstić information content (AvgIpc) is 2.71. The fourth-order valence-corrected chi connectivity index (χ4v) is 3.99. The van der Waals surface area contributed by atoms with Crippen molar-refractivity contribution in [2.24, 2.45) is 5.41 Å². The van der Waals surface area contributed by atoms with Crippen LogP contribution >= 0.6 is 0 Å². The Hall–Kier alpha value is -2.40. The molecule has 26 heavy (non-hydrogen) atoms. The molecule has 0 spiro atoms. The molecule has 5 heteroatoms. The van der Waals surface area contributed by atoms with Gasteiger partial charge in [-0.3, -0.25) is 14.5 Å². The number of ether oxygens (including phenoxy) is 2. The molecule has 1 saturated heterocycles. The molecule has 1 heterocycles. The largest absolute Gasteiger partial charge is 0.468 e. The Morgan fingerprint density at radius 1 is 0.962 bits per heavy atom. The molecule has 3 rings (SSSR count). The van der Waals surface area contributed by atoms with Crippen LogP contribution in [-0.4, -0.2) is 44.1 Å². The molecule has 2 aromatic rings. The quantitative estimate of drug-likeness (QED) is 0.622. The average molecular weight is 355 g/mol. The Labute approximate surface area is 153 Å². The highest BCUT2D eigenvalue weighted by molar-refractivity contribution is 6.00. The minimum Gasteiger partial charge on any atom is -0.468 e. The van der Waals surface area contributed by atoms with Crippen molar-refractivity contribution < 1.29 is 19.1 Å². The lowest BCUT2D eigenvalue weighted by atomic mass is 9.77. The summed E-state index contributed by atoms with van der Waals surface area (Å²) in [5.74, 6) is -0.997. The van der Waals surface area contributed by atoms with E-state index < -0.39 is 17.4 Å². The van der Waals surface area contributed by atoms with E-state index in [-0.39, 0.29) is 6.04 Å². The highest BCUT2D eigenvalue weighted by Gasteiger charge is 2.50. The number of hydrogen-bond acceptors (Lipinski definition) is 5. The minimum absolute atomic E-state index is 0.189. The Morgan fingerprint density at radius 3 is 2.15 bits per heavy atom. The number of benzene rings is 2. The molecule has 0 amide bonds. The third kappa shape index (κ3) is 3.07. The van der Waals surface area contributed by atoms with Crippen LogP contribution in [0.4, 0.5) is 0 Å². The van der Waals surface area contributed by atoms with Crippen LogP contribution in [0.1, 0.15) is 31.4 Å². The summed E-state index contributed by atoms with van der Waals surface area (Å²) in [6.07, 6.45) is 0.808. The normalized spacial score (nSPS) is 18.3. The lowest BCUT2D eigenvalue weighted by Gasteiger charge is -2.40. The number of likely N-dealkylation sites (tertiary alicyclic amines) is 1. The van der Waals surface area contributed by atoms with Gasteiger partial charge in [-0.2, -0.15) is 0 Å². The fraction of sp³-hybridized carbons (Fsp3) is 0.429. The van der Waals surface area contributed by atoms with E-state index in [0.29, 0.717) is 25.9 Å². The van der Waals surface area contributed by atoms with Crippen LogP contribution < -0.4 is 0 Å². The van der Waals surface area contributed by atoms with E-state index in [0.717, 1.165) is 0 Å². The number of methoxy groups -OCH3 is 2. The number of hydrogen-bond donors (Lipinski definition) is 0. The van der Waals surface area contributed by atoms with Gasteiger partial charge >= 0.3 is 11.9 Å². The van der Waals surface area contributed by atoms with Crippen molar-refractivity contribution in [1.29, 1.82) is 0 Å². The highest BCUT2D eigenvalue weighted by atomic mass is 16.5. The molecule has 0 N–H and O–H groups in total. The predicted octanol–water partition coefficient (Wildman–Crippen LogP) is 3.33. The predicted molar refractivity (Wildman–Crippen MR) is 99.6 cm³/mol. The fourth-order valence-electron chi connectivity index (χ4n) is 3.99. The molecule has 0 saturated carbocycles. The zero-order valence-electron chi connectivity index (χ0n) is 15.5. The van der Waals surface area contributed by atoms with E-state index in [4.69, 9.17) is 9.47 Å². The van der Waals surface area contributed by atoms with Gasteiger partial charge in [0.25, 0.3) is 0 Å². The summed E-state index contributed by atoms with van der Waals surface area (Å²) in [4.78, 5) is 26.8. The van der Waals surface area contributed by atoms with Gasteiger partial charge in [0.2, 0.25) is 0 Å². The molecule has 2 aromatic carbocycles. The lowest BCUT2D eigenvalue weighted by Crippen LogP contribution is -2.50. The molecule has 1 atom stereocenters. The third-order valence-electron chi connectivity index (χ3n) is 5.63. The molecule has 138 valence electrons. The zero-order chi connectivity index (χ0) is 18.7. The number of carbonyl (C=O) groups is 2. The summed E-state index contributed by atoms with van der Waals surface area (Å²) in [6.45, 7) is 3.44. The number of nitrogens with zero attached hydrogens (tertiary/aromatic N) is 1. The first-order valence-electron chi connectivity index (χ1n) is 8.92. The van der Waals surface area contributed by atoms with Gasteiger partial charge in [-0.1, -0.05) is 42.5 Å². The molecular formula is C21H25NO4. The maximum Gasteiger partial charge on any atom is 0.323 e. The van der Waals surface area contributed by atoms with Crippen molar-refractivity contribution in [2.45, 2.75) is 25.8 Å². The molecule has 1 aliphatic heterocycles. The van der Waals surface area contributed by atoms with E-state index in [2.05, 4.69) is 42.2 Å². The van der Waals surface area contributed by atoms with Crippen molar-refractivity contribution in [3.8, 4) is 0 Å². The first-order valence-corrected chi connectivity index (χ1v) is 8.92. The summed E-state index contributed by atoms with van der Waals surface area (Å²) >= 11 is 0. The monoisotopic (exact) mass is 355 g/mol. The SMILES string of the molecule is COC(=O)C1(C(=O)OC)CCN([C@@H](C)c2cccc3ccccc23)CC1. The Kier molecular flexibility index (Phi) is 5.28. The van der Waals surface area contributed by atoms with E-state index in [1.807, 2.05) is 12.1 Å². The van der Waals surface area contributed by atoms with Crippen LogP contribution in [0.25, 0.3) is 10.8 Å². The van der Waals surface area contributed by atoms with Gasteiger partial charge in [0.15, 0.2) is 5.41 Å². The van der Waals surface area contributed by atoms with Crippen LogP contribution in [0.2, 0.25) is 0 Å². The summed E-state index contributed by atoms with van der Waals surface area (Å²) in [7, 11) is 2.64. The lowest BCUT2D eigenvalue weighted by molar-refractivity contribution is -0.173. The summed E-state index contributed by atoms with van der Waals surface area (Å²) in [5.41, 5.74) is 0.0742. The van der Waals surface area contributed by atoms with Crippen molar-refractivity contribution in [3.05, 3.63) is 48.0 Å². The van der Waals surface area contributed by atoms with Crippen LogP contribution in [0, 0.1) is 5.41 Å². The van der Waals surface area contributed by atoms with Gasteiger partial charge in [0.1, 0.15) is 0 Å². The minimum atomic E-state index is -1.18. The molecule has 0 bridgehead atoms. The Bertz CT molecular complexity index is 785. The van der Waals surface area contributed by atoms with Crippen LogP contribution in [0.5, 0.6) is 0 Å².